The van der Waals surface area contributed by atoms with Crippen molar-refractivity contribution in [1.29, 1.82) is 0 Å². The van der Waals surface area contributed by atoms with E-state index < -0.39 is 0 Å². The molecule has 0 aromatic rings. The molecule has 1 heterocycles. The van der Waals surface area contributed by atoms with Crippen LogP contribution >= 0.6 is 0 Å². The summed E-state index contributed by atoms with van der Waals surface area (Å²) in [4.78, 5) is 12.4. The fourth-order valence-electron chi connectivity index (χ4n) is 2.97. The molecule has 134 valence electrons. The van der Waals surface area contributed by atoms with E-state index in [4.69, 9.17) is 4.74 Å². The molecule has 6 heteroatoms. The minimum absolute atomic E-state index is 0. The Morgan fingerprint density at radius 2 is 1.73 bits per heavy atom. The van der Waals surface area contributed by atoms with Gasteiger partial charge in [-0.15, -0.1) is 0 Å². The summed E-state index contributed by atoms with van der Waals surface area (Å²) in [6.45, 7) is 10.2. The Bertz CT molecular complexity index is 334. The number of hydrogen-bond acceptors (Lipinski definition) is 2. The van der Waals surface area contributed by atoms with Crippen LogP contribution in [-0.2, 0) is 9.53 Å². The van der Waals surface area contributed by atoms with Gasteiger partial charge in [0.25, 0.3) is 0 Å². The number of rotatable bonds is 6. The quantitative estimate of drug-likeness (QED) is 0.196. The number of carbonyl (C=O) groups excluding carboxylic acids is 1. The van der Waals surface area contributed by atoms with Crippen LogP contribution in [0.2, 0.25) is 0 Å². The first kappa shape index (κ1) is 25.1. The van der Waals surface area contributed by atoms with Crippen molar-refractivity contribution >= 4 is 5.97 Å². The van der Waals surface area contributed by atoms with E-state index in [-0.39, 0.29) is 60.0 Å². The second-order valence-electron chi connectivity index (χ2n) is 7.07. The fourth-order valence-corrected chi connectivity index (χ4v) is 2.97. The van der Waals surface area contributed by atoms with Crippen LogP contribution in [0.1, 0.15) is 40.0 Å². The van der Waals surface area contributed by atoms with E-state index in [1.165, 1.54) is 6.42 Å². The number of quaternary nitrogens is 2. The summed E-state index contributed by atoms with van der Waals surface area (Å²) in [5, 5.41) is 0. The van der Waals surface area contributed by atoms with Crippen LogP contribution in [0.25, 0.3) is 0 Å². The Kier molecular flexibility index (Phi) is 12.2. The number of likely N-dealkylation sites (N-methyl/N-ethyl adjacent to an activating group) is 2. The molecule has 1 rings (SSSR count). The SMILES string of the molecule is CC[N+](C)(CC)CCOC(=O)C1CCCC(C)[N+]1(C)C.[I-].[I-]. The summed E-state index contributed by atoms with van der Waals surface area (Å²) < 4.78 is 7.33. The molecule has 0 radical (unpaired) electrons. The van der Waals surface area contributed by atoms with Gasteiger partial charge in [-0.2, -0.15) is 0 Å². The predicted molar refractivity (Wildman–Crippen MR) is 82.3 cm³/mol. The summed E-state index contributed by atoms with van der Waals surface area (Å²) >= 11 is 0. The van der Waals surface area contributed by atoms with Gasteiger partial charge in [0.1, 0.15) is 13.2 Å². The lowest BCUT2D eigenvalue weighted by molar-refractivity contribution is -0.934. The maximum absolute atomic E-state index is 12.4. The van der Waals surface area contributed by atoms with Gasteiger partial charge in [0.2, 0.25) is 0 Å². The lowest BCUT2D eigenvalue weighted by atomic mass is 9.94. The van der Waals surface area contributed by atoms with Gasteiger partial charge in [-0.25, -0.2) is 4.79 Å². The molecule has 0 N–H and O–H groups in total. The summed E-state index contributed by atoms with van der Waals surface area (Å²) in [7, 11) is 6.54. The van der Waals surface area contributed by atoms with E-state index >= 15 is 0 Å². The summed E-state index contributed by atoms with van der Waals surface area (Å²) in [6.07, 6.45) is 3.31. The normalized spacial score (nSPS) is 23.9. The summed E-state index contributed by atoms with van der Waals surface area (Å²) in [5.41, 5.74) is 0. The minimum Gasteiger partial charge on any atom is -1.00 e. The summed E-state index contributed by atoms with van der Waals surface area (Å²) in [6, 6.07) is 0.550. The van der Waals surface area contributed by atoms with E-state index in [1.54, 1.807) is 0 Å². The number of carbonyl (C=O) groups is 1. The van der Waals surface area contributed by atoms with Gasteiger partial charge in [0.15, 0.2) is 6.04 Å². The number of halogens is 2. The minimum atomic E-state index is 0. The summed E-state index contributed by atoms with van der Waals surface area (Å²) in [5.74, 6) is 0.000283. The second-order valence-corrected chi connectivity index (χ2v) is 7.07. The number of hydrogen-bond donors (Lipinski definition) is 0. The molecule has 1 saturated heterocycles. The van der Waals surface area contributed by atoms with Gasteiger partial charge in [-0.1, -0.05) is 0 Å². The molecule has 0 bridgehead atoms. The van der Waals surface area contributed by atoms with E-state index in [2.05, 4.69) is 41.9 Å². The molecule has 0 amide bonds. The van der Waals surface area contributed by atoms with Crippen molar-refractivity contribution in [3.05, 3.63) is 0 Å². The molecule has 22 heavy (non-hydrogen) atoms. The van der Waals surface area contributed by atoms with Crippen LogP contribution in [0, 0.1) is 0 Å². The highest BCUT2D eigenvalue weighted by Crippen LogP contribution is 2.28. The second kappa shape index (κ2) is 10.7. The average molecular weight is 540 g/mol. The van der Waals surface area contributed by atoms with Gasteiger partial charge in [-0.05, 0) is 33.6 Å². The molecule has 1 aliphatic heterocycles. The Morgan fingerprint density at radius 3 is 2.23 bits per heavy atom. The number of likely N-dealkylation sites (tertiary alicyclic amines) is 1. The third-order valence-corrected chi connectivity index (χ3v) is 5.71. The maximum atomic E-state index is 12.4. The fraction of sp³-hybridized carbons (Fsp3) is 0.938. The van der Waals surface area contributed by atoms with Crippen LogP contribution in [0.3, 0.4) is 0 Å². The average Bonchev–Trinajstić information content (AvgIpc) is 2.41. The highest BCUT2D eigenvalue weighted by atomic mass is 127. The van der Waals surface area contributed by atoms with Gasteiger partial charge in [-0.3, -0.25) is 0 Å². The largest absolute Gasteiger partial charge is 1.00 e. The first-order valence-electron chi connectivity index (χ1n) is 8.10. The third-order valence-electron chi connectivity index (χ3n) is 5.71. The van der Waals surface area contributed by atoms with Crippen molar-refractivity contribution in [1.82, 2.24) is 0 Å². The van der Waals surface area contributed by atoms with Crippen LogP contribution in [-0.4, -0.2) is 74.4 Å². The van der Waals surface area contributed by atoms with E-state index in [1.807, 2.05) is 0 Å². The van der Waals surface area contributed by atoms with Gasteiger partial charge in [0, 0.05) is 6.42 Å². The highest BCUT2D eigenvalue weighted by Gasteiger charge is 2.42. The standard InChI is InChI=1S/C16H34N2O2.2HI/c1-7-18(6,8-2)12-13-20-16(19)15-11-9-10-14(3)17(15,4)5;;/h14-15H,7-13H2,1-6H3;2*1H/q+2;;/p-2. The smallest absolute Gasteiger partial charge is 0.365 e. The van der Waals surface area contributed by atoms with E-state index in [0.29, 0.717) is 12.6 Å². The Labute approximate surface area is 171 Å². The molecule has 0 aromatic heterocycles. The zero-order valence-corrected chi connectivity index (χ0v) is 19.4. The van der Waals surface area contributed by atoms with Crippen LogP contribution < -0.4 is 48.0 Å². The van der Waals surface area contributed by atoms with E-state index in [0.717, 1.165) is 41.4 Å². The Morgan fingerprint density at radius 1 is 1.18 bits per heavy atom. The Hall–Kier alpha value is 0.850. The molecule has 0 aliphatic carbocycles. The monoisotopic (exact) mass is 540 g/mol. The van der Waals surface area contributed by atoms with Crippen molar-refractivity contribution in [3.63, 3.8) is 0 Å². The number of piperidine rings is 1. The molecular weight excluding hydrogens is 506 g/mol. The van der Waals surface area contributed by atoms with Crippen LogP contribution in [0.5, 0.6) is 0 Å². The zero-order valence-electron chi connectivity index (χ0n) is 15.1. The molecule has 0 spiro atoms. The first-order valence-corrected chi connectivity index (χ1v) is 8.10. The van der Waals surface area contributed by atoms with Crippen molar-refractivity contribution in [2.75, 3.05) is 47.4 Å². The number of esters is 1. The molecule has 1 aliphatic rings. The molecule has 2 atom stereocenters. The van der Waals surface area contributed by atoms with Crippen LogP contribution in [0.4, 0.5) is 0 Å². The van der Waals surface area contributed by atoms with Crippen LogP contribution in [0.15, 0.2) is 0 Å². The molecular formula is C16H34I2N2O2. The molecule has 4 nitrogen and oxygen atoms in total. The third kappa shape index (κ3) is 6.39. The zero-order chi connectivity index (χ0) is 15.4. The van der Waals surface area contributed by atoms with Gasteiger partial charge >= 0.3 is 5.97 Å². The predicted octanol–water partition coefficient (Wildman–Crippen LogP) is -3.96. The van der Waals surface area contributed by atoms with Gasteiger partial charge in [0.05, 0.1) is 40.3 Å². The Balaban J connectivity index is 0. The number of ether oxygens (including phenoxy) is 1. The van der Waals surface area contributed by atoms with Gasteiger partial charge < -0.3 is 61.7 Å². The topological polar surface area (TPSA) is 26.3 Å². The number of nitrogens with zero attached hydrogens (tertiary/aromatic N) is 2. The lowest BCUT2D eigenvalue weighted by Gasteiger charge is -2.45. The molecule has 2 unspecified atom stereocenters. The van der Waals surface area contributed by atoms with Crippen molar-refractivity contribution in [2.24, 2.45) is 0 Å². The lowest BCUT2D eigenvalue weighted by Crippen LogP contribution is -3.00. The molecule has 1 fully saturated rings. The van der Waals surface area contributed by atoms with Crippen molar-refractivity contribution in [3.8, 4) is 0 Å². The highest BCUT2D eigenvalue weighted by molar-refractivity contribution is 5.74. The van der Waals surface area contributed by atoms with E-state index in [9.17, 15) is 4.79 Å². The first-order chi connectivity index (χ1) is 9.27. The van der Waals surface area contributed by atoms with Crippen molar-refractivity contribution < 1.29 is 66.5 Å². The molecule has 0 aromatic carbocycles. The maximum Gasteiger partial charge on any atom is 0.365 e. The molecule has 0 saturated carbocycles. The van der Waals surface area contributed by atoms with Crippen molar-refractivity contribution in [2.45, 2.75) is 52.1 Å².